The highest BCUT2D eigenvalue weighted by atomic mass is 32.2. The van der Waals surface area contributed by atoms with E-state index in [2.05, 4.69) is 4.72 Å². The Kier molecular flexibility index (Phi) is 2.36. The maximum absolute atomic E-state index is 11.1. The molecule has 7 heteroatoms. The van der Waals surface area contributed by atoms with Crippen LogP contribution in [-0.2, 0) is 15.0 Å². The van der Waals surface area contributed by atoms with Gasteiger partial charge in [-0.3, -0.25) is 4.79 Å². The van der Waals surface area contributed by atoms with Crippen LogP contribution in [0.5, 0.6) is 0 Å². The number of aliphatic carboxylic acids is 1. The summed E-state index contributed by atoms with van der Waals surface area (Å²) in [6.45, 7) is 1.84. The molecule has 0 aromatic rings. The first-order valence-corrected chi connectivity index (χ1v) is 4.88. The van der Waals surface area contributed by atoms with E-state index in [0.717, 1.165) is 4.31 Å². The second-order valence-electron chi connectivity index (χ2n) is 2.52. The highest BCUT2D eigenvalue weighted by Gasteiger charge is 2.35. The molecule has 0 radical (unpaired) electrons. The lowest BCUT2D eigenvalue weighted by Gasteiger charge is -2.17. The molecule has 0 spiro atoms. The Morgan fingerprint density at radius 1 is 1.67 bits per heavy atom. The van der Waals surface area contributed by atoms with Gasteiger partial charge >= 0.3 is 5.97 Å². The molecule has 0 aliphatic carbocycles. The molecule has 1 fully saturated rings. The van der Waals surface area contributed by atoms with Crippen molar-refractivity contribution in [3.05, 3.63) is 0 Å². The minimum atomic E-state index is -3.53. The lowest BCUT2D eigenvalue weighted by atomic mass is 10.3. The summed E-state index contributed by atoms with van der Waals surface area (Å²) in [6, 6.07) is -0.995. The van der Waals surface area contributed by atoms with E-state index in [9.17, 15) is 13.2 Å². The molecule has 1 aliphatic heterocycles. The van der Waals surface area contributed by atoms with Crippen molar-refractivity contribution in [2.45, 2.75) is 13.0 Å². The van der Waals surface area contributed by atoms with Crippen LogP contribution in [0.25, 0.3) is 0 Å². The zero-order valence-electron chi connectivity index (χ0n) is 6.52. The summed E-state index contributed by atoms with van der Waals surface area (Å²) in [6.07, 6.45) is 0. The van der Waals surface area contributed by atoms with E-state index >= 15 is 0 Å². The maximum Gasteiger partial charge on any atom is 0.321 e. The molecule has 1 rings (SSSR count). The van der Waals surface area contributed by atoms with E-state index in [1.54, 1.807) is 0 Å². The van der Waals surface area contributed by atoms with Gasteiger partial charge in [-0.2, -0.15) is 12.7 Å². The van der Waals surface area contributed by atoms with Gasteiger partial charge in [0, 0.05) is 13.1 Å². The summed E-state index contributed by atoms with van der Waals surface area (Å²) < 4.78 is 25.3. The zero-order chi connectivity index (χ0) is 9.35. The Morgan fingerprint density at radius 3 is 2.58 bits per heavy atom. The van der Waals surface area contributed by atoms with E-state index in [1.807, 2.05) is 0 Å². The first-order valence-electron chi connectivity index (χ1n) is 3.44. The third-order valence-corrected chi connectivity index (χ3v) is 3.40. The number of hydrogen-bond acceptors (Lipinski definition) is 3. The van der Waals surface area contributed by atoms with E-state index in [4.69, 9.17) is 5.11 Å². The van der Waals surface area contributed by atoms with Gasteiger partial charge in [0.2, 0.25) is 0 Å². The van der Waals surface area contributed by atoms with Crippen LogP contribution in [0.2, 0.25) is 0 Å². The first kappa shape index (κ1) is 9.43. The lowest BCUT2D eigenvalue weighted by Crippen LogP contribution is -2.41. The number of nitrogens with zero attached hydrogens (tertiary/aromatic N) is 1. The van der Waals surface area contributed by atoms with Gasteiger partial charge in [0.1, 0.15) is 6.04 Å². The number of carboxylic acid groups (broad SMARTS) is 1. The van der Waals surface area contributed by atoms with Gasteiger partial charge in [0.05, 0.1) is 0 Å². The molecular formula is C5H10N2O4S. The van der Waals surface area contributed by atoms with Crippen molar-refractivity contribution in [2.24, 2.45) is 0 Å². The van der Waals surface area contributed by atoms with Gasteiger partial charge in [0.15, 0.2) is 0 Å². The van der Waals surface area contributed by atoms with Crippen LogP contribution in [0, 0.1) is 0 Å². The SMILES string of the molecule is C[C@H](C(=O)O)N1CCNS1(=O)=O. The fourth-order valence-corrected chi connectivity index (χ4v) is 2.37. The monoisotopic (exact) mass is 194 g/mol. The van der Waals surface area contributed by atoms with Crippen LogP contribution >= 0.6 is 0 Å². The number of nitrogens with one attached hydrogen (secondary N) is 1. The Labute approximate surface area is 70.4 Å². The molecule has 1 heterocycles. The van der Waals surface area contributed by atoms with Gasteiger partial charge in [-0.1, -0.05) is 0 Å². The van der Waals surface area contributed by atoms with Crippen molar-refractivity contribution in [3.8, 4) is 0 Å². The third-order valence-electron chi connectivity index (χ3n) is 1.71. The molecule has 0 aromatic heterocycles. The quantitative estimate of drug-likeness (QED) is 0.566. The van der Waals surface area contributed by atoms with E-state index < -0.39 is 22.2 Å². The highest BCUT2D eigenvalue weighted by Crippen LogP contribution is 2.09. The Morgan fingerprint density at radius 2 is 2.25 bits per heavy atom. The van der Waals surface area contributed by atoms with Crippen molar-refractivity contribution in [1.82, 2.24) is 9.03 Å². The highest BCUT2D eigenvalue weighted by molar-refractivity contribution is 7.87. The molecular weight excluding hydrogens is 184 g/mol. The Balaban J connectivity index is 2.83. The third kappa shape index (κ3) is 1.57. The van der Waals surface area contributed by atoms with Crippen LogP contribution in [0.4, 0.5) is 0 Å². The fraction of sp³-hybridized carbons (Fsp3) is 0.800. The first-order chi connectivity index (χ1) is 5.45. The Bertz CT molecular complexity index is 286. The van der Waals surface area contributed by atoms with Crippen molar-refractivity contribution < 1.29 is 18.3 Å². The largest absolute Gasteiger partial charge is 0.480 e. The molecule has 1 saturated heterocycles. The van der Waals surface area contributed by atoms with Gasteiger partial charge in [0.25, 0.3) is 10.2 Å². The van der Waals surface area contributed by atoms with Gasteiger partial charge in [-0.25, -0.2) is 4.72 Å². The van der Waals surface area contributed by atoms with E-state index in [1.165, 1.54) is 6.92 Å². The molecule has 1 aliphatic rings. The molecule has 0 amide bonds. The summed E-state index contributed by atoms with van der Waals surface area (Å²) >= 11 is 0. The van der Waals surface area contributed by atoms with Crippen molar-refractivity contribution in [3.63, 3.8) is 0 Å². The molecule has 0 saturated carbocycles. The molecule has 12 heavy (non-hydrogen) atoms. The van der Waals surface area contributed by atoms with Gasteiger partial charge < -0.3 is 5.11 Å². The van der Waals surface area contributed by atoms with Crippen molar-refractivity contribution in [1.29, 1.82) is 0 Å². The number of hydrogen-bond donors (Lipinski definition) is 2. The van der Waals surface area contributed by atoms with Crippen molar-refractivity contribution in [2.75, 3.05) is 13.1 Å². The molecule has 0 aromatic carbocycles. The topological polar surface area (TPSA) is 86.7 Å². The summed E-state index contributed by atoms with van der Waals surface area (Å²) in [5, 5.41) is 8.54. The second kappa shape index (κ2) is 3.00. The molecule has 70 valence electrons. The van der Waals surface area contributed by atoms with E-state index in [0.29, 0.717) is 0 Å². The molecule has 0 bridgehead atoms. The van der Waals surface area contributed by atoms with Gasteiger partial charge in [-0.15, -0.1) is 0 Å². The predicted molar refractivity (Wildman–Crippen MR) is 40.7 cm³/mol. The smallest absolute Gasteiger partial charge is 0.321 e. The average molecular weight is 194 g/mol. The van der Waals surface area contributed by atoms with E-state index in [-0.39, 0.29) is 13.1 Å². The molecule has 1 atom stereocenters. The summed E-state index contributed by atoms with van der Waals surface area (Å²) in [5.74, 6) is -1.14. The van der Waals surface area contributed by atoms with Crippen molar-refractivity contribution >= 4 is 16.2 Å². The maximum atomic E-state index is 11.1. The minimum absolute atomic E-state index is 0.218. The number of carboxylic acids is 1. The number of carbonyl (C=O) groups is 1. The number of rotatable bonds is 2. The second-order valence-corrected chi connectivity index (χ2v) is 4.23. The van der Waals surface area contributed by atoms with Crippen LogP contribution in [0.15, 0.2) is 0 Å². The standard InChI is InChI=1S/C5H10N2O4S/c1-4(5(8)9)7-3-2-6-12(7,10)11/h4,6H,2-3H2,1H3,(H,8,9)/t4-/m1/s1. The normalized spacial score (nSPS) is 25.4. The lowest BCUT2D eigenvalue weighted by molar-refractivity contribution is -0.140. The van der Waals surface area contributed by atoms with Gasteiger partial charge in [-0.05, 0) is 6.92 Å². The predicted octanol–water partition coefficient (Wildman–Crippen LogP) is -1.39. The Hall–Kier alpha value is -0.660. The van der Waals surface area contributed by atoms with Crippen LogP contribution in [0.1, 0.15) is 6.92 Å². The molecule has 2 N–H and O–H groups in total. The average Bonchev–Trinajstić information content (AvgIpc) is 2.27. The summed E-state index contributed by atoms with van der Waals surface area (Å²) in [4.78, 5) is 10.4. The summed E-state index contributed by atoms with van der Waals surface area (Å²) in [7, 11) is -3.53. The molecule has 0 unspecified atom stereocenters. The zero-order valence-corrected chi connectivity index (χ0v) is 7.34. The van der Waals surface area contributed by atoms with Crippen LogP contribution in [-0.4, -0.2) is 42.9 Å². The summed E-state index contributed by atoms with van der Waals surface area (Å²) in [5.41, 5.74) is 0. The fourth-order valence-electron chi connectivity index (χ4n) is 1.01. The van der Waals surface area contributed by atoms with Crippen LogP contribution < -0.4 is 4.72 Å². The minimum Gasteiger partial charge on any atom is -0.480 e. The molecule has 6 nitrogen and oxygen atoms in total. The van der Waals surface area contributed by atoms with Crippen LogP contribution in [0.3, 0.4) is 0 Å².